The molecule has 0 heterocycles. The average Bonchev–Trinajstić information content (AvgIpc) is 2.50. The summed E-state index contributed by atoms with van der Waals surface area (Å²) < 4.78 is 13.6. The van der Waals surface area contributed by atoms with Gasteiger partial charge in [-0.15, -0.1) is 0 Å². The van der Waals surface area contributed by atoms with Crippen molar-refractivity contribution in [3.63, 3.8) is 0 Å². The molecule has 0 saturated heterocycles. The topological polar surface area (TPSA) is 95.6 Å². The van der Waals surface area contributed by atoms with Crippen molar-refractivity contribution in [2.75, 3.05) is 0 Å². The van der Waals surface area contributed by atoms with Crippen molar-refractivity contribution in [2.24, 2.45) is 11.7 Å². The second kappa shape index (κ2) is 8.96. The van der Waals surface area contributed by atoms with Gasteiger partial charge in [-0.05, 0) is 45.1 Å². The molecular weight excluding hydrogens is 299 g/mol. The van der Waals surface area contributed by atoms with Crippen LogP contribution >= 0.6 is 0 Å². The number of rotatable bonds is 9. The fourth-order valence-electron chi connectivity index (χ4n) is 2.45. The smallest absolute Gasteiger partial charge is 0.246 e. The van der Waals surface area contributed by atoms with Crippen LogP contribution in [-0.2, 0) is 11.2 Å². The van der Waals surface area contributed by atoms with Gasteiger partial charge in [0.15, 0.2) is 0 Å². The van der Waals surface area contributed by atoms with Crippen LogP contribution < -0.4 is 11.2 Å². The van der Waals surface area contributed by atoms with Crippen molar-refractivity contribution in [2.45, 2.75) is 57.3 Å². The molecule has 3 unspecified atom stereocenters. The maximum atomic E-state index is 13.6. The average molecular weight is 326 g/mol. The van der Waals surface area contributed by atoms with E-state index in [0.717, 1.165) is 5.56 Å². The Morgan fingerprint density at radius 3 is 2.48 bits per heavy atom. The Hall–Kier alpha value is -1.50. The molecule has 1 rings (SSSR count). The van der Waals surface area contributed by atoms with E-state index in [1.54, 1.807) is 5.48 Å². The Kier molecular flexibility index (Phi) is 7.61. The third kappa shape index (κ3) is 7.54. The molecule has 23 heavy (non-hydrogen) atoms. The van der Waals surface area contributed by atoms with Crippen LogP contribution in [0.25, 0.3) is 0 Å². The number of benzene rings is 1. The molecule has 0 bridgehead atoms. The van der Waals surface area contributed by atoms with E-state index in [1.807, 2.05) is 30.3 Å². The largest absolute Gasteiger partial charge is 0.391 e. The van der Waals surface area contributed by atoms with E-state index in [0.29, 0.717) is 6.42 Å². The van der Waals surface area contributed by atoms with E-state index >= 15 is 0 Å². The molecule has 5 N–H and O–H groups in total. The lowest BCUT2D eigenvalue weighted by molar-refractivity contribution is -0.135. The molecule has 3 atom stereocenters. The van der Waals surface area contributed by atoms with Crippen LogP contribution in [0.2, 0.25) is 0 Å². The number of hydrogen-bond donors (Lipinski definition) is 4. The van der Waals surface area contributed by atoms with Crippen LogP contribution in [0.3, 0.4) is 0 Å². The number of amides is 1. The number of nitrogens with two attached hydrogens (primary N) is 1. The zero-order chi connectivity index (χ0) is 17.5. The van der Waals surface area contributed by atoms with E-state index in [9.17, 15) is 14.3 Å². The minimum atomic E-state index is -1.41. The lowest BCUT2D eigenvalue weighted by Crippen LogP contribution is -2.40. The summed E-state index contributed by atoms with van der Waals surface area (Å²) in [6, 6.07) is 8.96. The number of halogens is 1. The summed E-state index contributed by atoms with van der Waals surface area (Å²) in [5.41, 5.74) is 7.17. The van der Waals surface area contributed by atoms with Crippen LogP contribution in [0.15, 0.2) is 30.3 Å². The van der Waals surface area contributed by atoms with Gasteiger partial charge >= 0.3 is 0 Å². The number of hydrogen-bond acceptors (Lipinski definition) is 4. The SMILES string of the molecule is CC(C)(F)CCC(CC(O)C(N)Cc1ccccc1)C(=O)NO. The Morgan fingerprint density at radius 2 is 1.96 bits per heavy atom. The lowest BCUT2D eigenvalue weighted by atomic mass is 9.88. The maximum absolute atomic E-state index is 13.6. The summed E-state index contributed by atoms with van der Waals surface area (Å²) >= 11 is 0. The lowest BCUT2D eigenvalue weighted by Gasteiger charge is -2.24. The molecule has 1 aromatic rings. The Morgan fingerprint density at radius 1 is 1.35 bits per heavy atom. The van der Waals surface area contributed by atoms with Gasteiger partial charge in [-0.25, -0.2) is 9.87 Å². The molecule has 5 nitrogen and oxygen atoms in total. The van der Waals surface area contributed by atoms with Crippen molar-refractivity contribution in [3.8, 4) is 0 Å². The van der Waals surface area contributed by atoms with E-state index < -0.39 is 29.6 Å². The first-order valence-electron chi connectivity index (χ1n) is 7.83. The molecule has 0 saturated carbocycles. The third-order valence-electron chi connectivity index (χ3n) is 3.90. The molecule has 1 aromatic carbocycles. The molecule has 0 radical (unpaired) electrons. The standard InChI is InChI=1S/C17H27FN2O3/c1-17(2,18)9-8-13(16(22)20-23)11-15(21)14(19)10-12-6-4-3-5-7-12/h3-7,13-15,21,23H,8-11,19H2,1-2H3,(H,20,22). The second-order valence-electron chi connectivity index (χ2n) is 6.59. The van der Waals surface area contributed by atoms with Crippen molar-refractivity contribution in [3.05, 3.63) is 35.9 Å². The highest BCUT2D eigenvalue weighted by Crippen LogP contribution is 2.23. The molecule has 0 aliphatic rings. The fourth-order valence-corrected chi connectivity index (χ4v) is 2.45. The van der Waals surface area contributed by atoms with Gasteiger partial charge in [-0.1, -0.05) is 30.3 Å². The molecule has 0 spiro atoms. The fraction of sp³-hybridized carbons (Fsp3) is 0.588. The first kappa shape index (κ1) is 19.5. The second-order valence-corrected chi connectivity index (χ2v) is 6.59. The number of carbonyl (C=O) groups excluding carboxylic acids is 1. The van der Waals surface area contributed by atoms with Crippen LogP contribution in [-0.4, -0.2) is 34.0 Å². The van der Waals surface area contributed by atoms with Crippen molar-refractivity contribution < 1.29 is 19.5 Å². The van der Waals surface area contributed by atoms with Gasteiger partial charge in [-0.3, -0.25) is 10.0 Å². The summed E-state index contributed by atoms with van der Waals surface area (Å²) in [4.78, 5) is 11.7. The van der Waals surface area contributed by atoms with E-state index in [-0.39, 0.29) is 19.3 Å². The van der Waals surface area contributed by atoms with Crippen LogP contribution in [0.5, 0.6) is 0 Å². The van der Waals surface area contributed by atoms with E-state index in [4.69, 9.17) is 10.9 Å². The van der Waals surface area contributed by atoms with E-state index in [1.165, 1.54) is 13.8 Å². The van der Waals surface area contributed by atoms with Crippen LogP contribution in [0.4, 0.5) is 4.39 Å². The number of carbonyl (C=O) groups is 1. The first-order chi connectivity index (χ1) is 10.7. The normalized spacial score (nSPS) is 15.7. The number of alkyl halides is 1. The summed E-state index contributed by atoms with van der Waals surface area (Å²) in [6.07, 6.45) is 0.0253. The third-order valence-corrected chi connectivity index (χ3v) is 3.90. The van der Waals surface area contributed by atoms with Gasteiger partial charge in [0.25, 0.3) is 0 Å². The van der Waals surface area contributed by atoms with Gasteiger partial charge in [0, 0.05) is 12.0 Å². The summed E-state index contributed by atoms with van der Waals surface area (Å²) in [7, 11) is 0. The summed E-state index contributed by atoms with van der Waals surface area (Å²) in [6.45, 7) is 2.86. The quantitative estimate of drug-likeness (QED) is 0.412. The molecule has 6 heteroatoms. The zero-order valence-corrected chi connectivity index (χ0v) is 13.7. The van der Waals surface area contributed by atoms with Gasteiger partial charge < -0.3 is 10.8 Å². The predicted octanol–water partition coefficient (Wildman–Crippen LogP) is 1.96. The number of aliphatic hydroxyl groups excluding tert-OH is 1. The highest BCUT2D eigenvalue weighted by Gasteiger charge is 2.27. The predicted molar refractivity (Wildman–Crippen MR) is 86.6 cm³/mol. The first-order valence-corrected chi connectivity index (χ1v) is 7.83. The van der Waals surface area contributed by atoms with Crippen molar-refractivity contribution in [1.82, 2.24) is 5.48 Å². The minimum absolute atomic E-state index is 0.0798. The molecule has 0 fully saturated rings. The van der Waals surface area contributed by atoms with Crippen LogP contribution in [0.1, 0.15) is 38.7 Å². The molecule has 1 amide bonds. The summed E-state index contributed by atoms with van der Waals surface area (Å²) in [5, 5.41) is 19.1. The van der Waals surface area contributed by atoms with Crippen LogP contribution in [0, 0.1) is 5.92 Å². The summed E-state index contributed by atoms with van der Waals surface area (Å²) in [5.74, 6) is -1.31. The highest BCUT2D eigenvalue weighted by molar-refractivity contribution is 5.77. The number of nitrogens with one attached hydrogen (secondary N) is 1. The molecule has 0 aromatic heterocycles. The van der Waals surface area contributed by atoms with Gasteiger partial charge in [0.2, 0.25) is 5.91 Å². The van der Waals surface area contributed by atoms with E-state index in [2.05, 4.69) is 0 Å². The molecular formula is C17H27FN2O3. The Bertz CT molecular complexity index is 476. The minimum Gasteiger partial charge on any atom is -0.391 e. The molecule has 0 aliphatic carbocycles. The number of aliphatic hydroxyl groups is 1. The van der Waals surface area contributed by atoms with Gasteiger partial charge in [0.1, 0.15) is 5.67 Å². The molecule has 0 aliphatic heterocycles. The number of hydroxylamine groups is 1. The Labute approximate surface area is 136 Å². The highest BCUT2D eigenvalue weighted by atomic mass is 19.1. The Balaban J connectivity index is 2.60. The molecule has 130 valence electrons. The van der Waals surface area contributed by atoms with Crippen molar-refractivity contribution >= 4 is 5.91 Å². The van der Waals surface area contributed by atoms with Gasteiger partial charge in [0.05, 0.1) is 6.10 Å². The zero-order valence-electron chi connectivity index (χ0n) is 13.7. The van der Waals surface area contributed by atoms with Gasteiger partial charge in [-0.2, -0.15) is 0 Å². The maximum Gasteiger partial charge on any atom is 0.246 e. The van der Waals surface area contributed by atoms with Crippen molar-refractivity contribution in [1.29, 1.82) is 0 Å². The monoisotopic (exact) mass is 326 g/mol.